The zero-order chi connectivity index (χ0) is 14.3. The predicted octanol–water partition coefficient (Wildman–Crippen LogP) is 1.99. The summed E-state index contributed by atoms with van der Waals surface area (Å²) in [6.07, 6.45) is 7.09. The van der Waals surface area contributed by atoms with E-state index in [0.717, 1.165) is 5.69 Å². The number of nitrogens with two attached hydrogens (primary N) is 1. The summed E-state index contributed by atoms with van der Waals surface area (Å²) in [5, 5.41) is 2.67. The van der Waals surface area contributed by atoms with Gasteiger partial charge in [0.25, 0.3) is 0 Å². The van der Waals surface area contributed by atoms with Crippen molar-refractivity contribution in [2.45, 2.75) is 32.8 Å². The fourth-order valence-corrected chi connectivity index (χ4v) is 1.21. The second-order valence-corrected chi connectivity index (χ2v) is 4.99. The Morgan fingerprint density at radius 1 is 1.42 bits per heavy atom. The second-order valence-electron chi connectivity index (χ2n) is 4.99. The van der Waals surface area contributed by atoms with Gasteiger partial charge >= 0.3 is 6.09 Å². The van der Waals surface area contributed by atoms with Gasteiger partial charge in [0.2, 0.25) is 0 Å². The highest BCUT2D eigenvalue weighted by Gasteiger charge is 2.14. The third-order valence-electron chi connectivity index (χ3n) is 1.96. The molecule has 1 amide bonds. The number of anilines is 1. The van der Waals surface area contributed by atoms with Gasteiger partial charge in [-0.05, 0) is 33.3 Å². The van der Waals surface area contributed by atoms with Crippen molar-refractivity contribution in [1.29, 1.82) is 0 Å². The van der Waals surface area contributed by atoms with Crippen LogP contribution in [-0.4, -0.2) is 28.2 Å². The first-order chi connectivity index (χ1) is 8.87. The molecular weight excluding hydrogens is 244 g/mol. The average molecular weight is 264 g/mol. The normalized spacial score (nSPS) is 11.5. The molecule has 19 heavy (non-hydrogen) atoms. The minimum atomic E-state index is -0.473. The van der Waals surface area contributed by atoms with Crippen molar-refractivity contribution in [3.8, 4) is 0 Å². The highest BCUT2D eigenvalue weighted by Crippen LogP contribution is 2.06. The largest absolute Gasteiger partial charge is 0.444 e. The van der Waals surface area contributed by atoms with E-state index in [1.807, 2.05) is 32.9 Å². The molecule has 0 saturated heterocycles. The van der Waals surface area contributed by atoms with Crippen LogP contribution in [0.2, 0.25) is 0 Å². The van der Waals surface area contributed by atoms with Crippen LogP contribution >= 0.6 is 0 Å². The minimum absolute atomic E-state index is 0.392. The monoisotopic (exact) mass is 264 g/mol. The number of ether oxygens (including phenoxy) is 1. The lowest BCUT2D eigenvalue weighted by molar-refractivity contribution is 0.0529. The molecule has 0 aliphatic carbocycles. The summed E-state index contributed by atoms with van der Waals surface area (Å²) in [6, 6.07) is 0. The molecule has 6 nitrogen and oxygen atoms in total. The van der Waals surface area contributed by atoms with Crippen LogP contribution < -0.4 is 11.1 Å². The van der Waals surface area contributed by atoms with Crippen molar-refractivity contribution in [3.63, 3.8) is 0 Å². The molecular formula is C13H20N4O2. The minimum Gasteiger partial charge on any atom is -0.444 e. The van der Waals surface area contributed by atoms with Crippen LogP contribution in [0.4, 0.5) is 10.6 Å². The zero-order valence-corrected chi connectivity index (χ0v) is 11.5. The third kappa shape index (κ3) is 7.03. The molecule has 1 heterocycles. The van der Waals surface area contributed by atoms with E-state index in [2.05, 4.69) is 15.3 Å². The van der Waals surface area contributed by atoms with Crippen LogP contribution in [0.1, 0.15) is 32.9 Å². The third-order valence-corrected chi connectivity index (χ3v) is 1.96. The fourth-order valence-electron chi connectivity index (χ4n) is 1.21. The van der Waals surface area contributed by atoms with Crippen molar-refractivity contribution in [3.05, 3.63) is 24.2 Å². The van der Waals surface area contributed by atoms with Crippen molar-refractivity contribution in [2.24, 2.45) is 0 Å². The molecule has 0 spiro atoms. The first-order valence-electron chi connectivity index (χ1n) is 6.08. The van der Waals surface area contributed by atoms with E-state index in [1.165, 1.54) is 6.20 Å². The number of hydrogen-bond acceptors (Lipinski definition) is 5. The van der Waals surface area contributed by atoms with Crippen molar-refractivity contribution in [2.75, 3.05) is 12.3 Å². The molecule has 0 unspecified atom stereocenters. The molecule has 1 rings (SSSR count). The van der Waals surface area contributed by atoms with Gasteiger partial charge in [0, 0.05) is 6.54 Å². The van der Waals surface area contributed by atoms with Crippen LogP contribution in [0.3, 0.4) is 0 Å². The number of rotatable bonds is 4. The van der Waals surface area contributed by atoms with E-state index in [4.69, 9.17) is 10.5 Å². The molecule has 0 bridgehead atoms. The van der Waals surface area contributed by atoms with Gasteiger partial charge in [0.05, 0.1) is 18.1 Å². The Balaban J connectivity index is 2.24. The summed E-state index contributed by atoms with van der Waals surface area (Å²) < 4.78 is 5.11. The molecule has 104 valence electrons. The SMILES string of the molecule is CC(C)(C)OC(=O)NCCC=Cc1cnc(N)cn1. The number of aromatic nitrogens is 2. The summed E-state index contributed by atoms with van der Waals surface area (Å²) >= 11 is 0. The Kier molecular flexibility index (Phi) is 5.29. The first-order valence-corrected chi connectivity index (χ1v) is 6.08. The summed E-state index contributed by atoms with van der Waals surface area (Å²) in [6.45, 7) is 5.98. The Labute approximate surface area is 113 Å². The van der Waals surface area contributed by atoms with E-state index in [9.17, 15) is 4.79 Å². The van der Waals surface area contributed by atoms with Crippen molar-refractivity contribution in [1.82, 2.24) is 15.3 Å². The summed E-state index contributed by atoms with van der Waals surface area (Å²) in [5.41, 5.74) is 5.68. The standard InChI is InChI=1S/C13H20N4O2/c1-13(2,3)19-12(18)15-7-5-4-6-10-8-17-11(14)9-16-10/h4,6,8-9H,5,7H2,1-3H3,(H2,14,17)(H,15,18). The first kappa shape index (κ1) is 14.9. The molecule has 0 aliphatic heterocycles. The number of nitrogens with one attached hydrogen (secondary N) is 1. The van der Waals surface area contributed by atoms with E-state index < -0.39 is 11.7 Å². The maximum atomic E-state index is 11.3. The zero-order valence-electron chi connectivity index (χ0n) is 11.5. The highest BCUT2D eigenvalue weighted by atomic mass is 16.6. The molecule has 0 atom stereocenters. The topological polar surface area (TPSA) is 90.1 Å². The van der Waals surface area contributed by atoms with Gasteiger partial charge in [0.15, 0.2) is 0 Å². The fraction of sp³-hybridized carbons (Fsp3) is 0.462. The average Bonchev–Trinajstić information content (AvgIpc) is 2.29. The van der Waals surface area contributed by atoms with Gasteiger partial charge < -0.3 is 15.8 Å². The summed E-state index contributed by atoms with van der Waals surface area (Å²) in [7, 11) is 0. The molecule has 1 aromatic heterocycles. The lowest BCUT2D eigenvalue weighted by Gasteiger charge is -2.19. The van der Waals surface area contributed by atoms with Crippen molar-refractivity contribution >= 4 is 18.0 Å². The number of nitrogens with zero attached hydrogens (tertiary/aromatic N) is 2. The quantitative estimate of drug-likeness (QED) is 0.812. The molecule has 0 aromatic carbocycles. The van der Waals surface area contributed by atoms with Crippen LogP contribution in [-0.2, 0) is 4.74 Å². The van der Waals surface area contributed by atoms with Crippen LogP contribution in [0.15, 0.2) is 18.5 Å². The molecule has 0 fully saturated rings. The van der Waals surface area contributed by atoms with E-state index >= 15 is 0 Å². The number of nitrogen functional groups attached to an aromatic ring is 1. The van der Waals surface area contributed by atoms with E-state index in [1.54, 1.807) is 6.20 Å². The van der Waals surface area contributed by atoms with E-state index in [0.29, 0.717) is 18.8 Å². The van der Waals surface area contributed by atoms with Crippen LogP contribution in [0.5, 0.6) is 0 Å². The Bertz CT molecular complexity index is 435. The molecule has 0 radical (unpaired) electrons. The Morgan fingerprint density at radius 3 is 2.74 bits per heavy atom. The highest BCUT2D eigenvalue weighted by molar-refractivity contribution is 5.67. The Hall–Kier alpha value is -2.11. The van der Waals surface area contributed by atoms with Gasteiger partial charge in [-0.3, -0.25) is 4.98 Å². The molecule has 3 N–H and O–H groups in total. The number of amides is 1. The number of hydrogen-bond donors (Lipinski definition) is 2. The number of alkyl carbamates (subject to hydrolysis) is 1. The molecule has 6 heteroatoms. The lowest BCUT2D eigenvalue weighted by Crippen LogP contribution is -2.32. The predicted molar refractivity (Wildman–Crippen MR) is 74.3 cm³/mol. The van der Waals surface area contributed by atoms with Crippen molar-refractivity contribution < 1.29 is 9.53 Å². The van der Waals surface area contributed by atoms with Gasteiger partial charge in [-0.25, -0.2) is 9.78 Å². The maximum Gasteiger partial charge on any atom is 0.407 e. The summed E-state index contributed by atoms with van der Waals surface area (Å²) in [5.74, 6) is 0.392. The van der Waals surface area contributed by atoms with E-state index in [-0.39, 0.29) is 0 Å². The molecule has 0 aliphatic rings. The van der Waals surface area contributed by atoms with Gasteiger partial charge in [-0.1, -0.05) is 6.08 Å². The Morgan fingerprint density at radius 2 is 2.16 bits per heavy atom. The van der Waals surface area contributed by atoms with Gasteiger partial charge in [-0.2, -0.15) is 0 Å². The van der Waals surface area contributed by atoms with Crippen LogP contribution in [0.25, 0.3) is 6.08 Å². The number of carbonyl (C=O) groups excluding carboxylic acids is 1. The number of carbonyl (C=O) groups is 1. The maximum absolute atomic E-state index is 11.3. The summed E-state index contributed by atoms with van der Waals surface area (Å²) in [4.78, 5) is 19.3. The van der Waals surface area contributed by atoms with Crippen LogP contribution in [0, 0.1) is 0 Å². The van der Waals surface area contributed by atoms with Gasteiger partial charge in [-0.15, -0.1) is 0 Å². The smallest absolute Gasteiger partial charge is 0.407 e. The second kappa shape index (κ2) is 6.72. The molecule has 0 saturated carbocycles. The van der Waals surface area contributed by atoms with Gasteiger partial charge in [0.1, 0.15) is 11.4 Å². The lowest BCUT2D eigenvalue weighted by atomic mass is 10.2. The molecule has 1 aromatic rings.